The minimum atomic E-state index is -0.176. The molecule has 1 aromatic heterocycles. The Morgan fingerprint density at radius 2 is 1.68 bits per heavy atom. The molecular weight excluding hydrogens is 254 g/mol. The molecule has 1 N–H and O–H groups in total. The van der Waals surface area contributed by atoms with Gasteiger partial charge in [-0.05, 0) is 6.42 Å². The van der Waals surface area contributed by atoms with Crippen LogP contribution in [0.4, 0.5) is 0 Å². The molecule has 3 heteroatoms. The highest BCUT2D eigenvalue weighted by atomic mass is 32.1. The fourth-order valence-corrected chi connectivity index (χ4v) is 3.04. The number of hydrogen-bond acceptors (Lipinski definition) is 3. The Balaban J connectivity index is 1.85. The van der Waals surface area contributed by atoms with Crippen LogP contribution in [0.5, 0.6) is 0 Å². The topological polar surface area (TPSA) is 33.1 Å². The molecule has 0 aliphatic heterocycles. The van der Waals surface area contributed by atoms with Gasteiger partial charge in [-0.2, -0.15) is 0 Å². The van der Waals surface area contributed by atoms with Crippen LogP contribution in [0.1, 0.15) is 76.0 Å². The van der Waals surface area contributed by atoms with Crippen molar-refractivity contribution in [1.29, 1.82) is 0 Å². The first-order valence-electron chi connectivity index (χ1n) is 7.88. The third kappa shape index (κ3) is 9.17. The molecule has 0 aliphatic carbocycles. The van der Waals surface area contributed by atoms with E-state index in [0.29, 0.717) is 0 Å². The molecule has 1 atom stereocenters. The number of rotatable bonds is 12. The van der Waals surface area contributed by atoms with Crippen molar-refractivity contribution in [2.75, 3.05) is 0 Å². The molecule has 1 rings (SSSR count). The van der Waals surface area contributed by atoms with Gasteiger partial charge in [0.25, 0.3) is 0 Å². The largest absolute Gasteiger partial charge is 0.393 e. The lowest BCUT2D eigenvalue weighted by atomic mass is 10.0. The lowest BCUT2D eigenvalue weighted by Gasteiger charge is -2.08. The van der Waals surface area contributed by atoms with Gasteiger partial charge in [-0.3, -0.25) is 4.98 Å². The number of aliphatic hydroxyl groups excluding tert-OH is 1. The van der Waals surface area contributed by atoms with Crippen LogP contribution in [-0.2, 0) is 6.42 Å². The molecule has 0 aromatic carbocycles. The van der Waals surface area contributed by atoms with Crippen molar-refractivity contribution in [1.82, 2.24) is 4.98 Å². The Kier molecular flexibility index (Phi) is 10.0. The predicted molar refractivity (Wildman–Crippen MR) is 83.7 cm³/mol. The molecule has 0 bridgehead atoms. The zero-order valence-electron chi connectivity index (χ0n) is 12.3. The number of hydrogen-bond donors (Lipinski definition) is 1. The van der Waals surface area contributed by atoms with Gasteiger partial charge in [0.05, 0.1) is 11.6 Å². The van der Waals surface area contributed by atoms with E-state index in [1.807, 2.05) is 11.7 Å². The average molecular weight is 283 g/mol. The molecule has 0 spiro atoms. The van der Waals surface area contributed by atoms with E-state index in [9.17, 15) is 5.11 Å². The molecule has 1 heterocycles. The van der Waals surface area contributed by atoms with Crippen LogP contribution in [0.3, 0.4) is 0 Å². The van der Waals surface area contributed by atoms with E-state index >= 15 is 0 Å². The van der Waals surface area contributed by atoms with Crippen molar-refractivity contribution >= 4 is 11.3 Å². The maximum absolute atomic E-state index is 9.90. The van der Waals surface area contributed by atoms with E-state index in [4.69, 9.17) is 0 Å². The van der Waals surface area contributed by atoms with Crippen molar-refractivity contribution in [2.45, 2.75) is 83.7 Å². The van der Waals surface area contributed by atoms with Gasteiger partial charge >= 0.3 is 0 Å². The molecule has 110 valence electrons. The lowest BCUT2D eigenvalue weighted by molar-refractivity contribution is 0.161. The first-order valence-corrected chi connectivity index (χ1v) is 8.76. The fourth-order valence-electron chi connectivity index (χ4n) is 2.37. The third-order valence-corrected chi connectivity index (χ3v) is 4.36. The zero-order valence-corrected chi connectivity index (χ0v) is 13.1. The van der Waals surface area contributed by atoms with E-state index in [0.717, 1.165) is 19.3 Å². The van der Waals surface area contributed by atoms with Crippen molar-refractivity contribution in [3.63, 3.8) is 0 Å². The SMILES string of the molecule is CCCCCCCCCCCC(O)Cc1cncs1. The van der Waals surface area contributed by atoms with Crippen molar-refractivity contribution in [3.05, 3.63) is 16.6 Å². The molecule has 0 saturated carbocycles. The summed E-state index contributed by atoms with van der Waals surface area (Å²) in [5.74, 6) is 0. The second kappa shape index (κ2) is 11.4. The van der Waals surface area contributed by atoms with Gasteiger partial charge in [-0.25, -0.2) is 0 Å². The van der Waals surface area contributed by atoms with Gasteiger partial charge in [-0.1, -0.05) is 64.7 Å². The van der Waals surface area contributed by atoms with Gasteiger partial charge in [0.2, 0.25) is 0 Å². The molecule has 19 heavy (non-hydrogen) atoms. The minimum absolute atomic E-state index is 0.176. The molecule has 0 radical (unpaired) electrons. The summed E-state index contributed by atoms with van der Waals surface area (Å²) in [7, 11) is 0. The number of unbranched alkanes of at least 4 members (excludes halogenated alkanes) is 8. The highest BCUT2D eigenvalue weighted by molar-refractivity contribution is 7.09. The summed E-state index contributed by atoms with van der Waals surface area (Å²) in [4.78, 5) is 5.23. The fraction of sp³-hybridized carbons (Fsp3) is 0.812. The maximum atomic E-state index is 9.90. The number of nitrogens with zero attached hydrogens (tertiary/aromatic N) is 1. The Bertz CT molecular complexity index is 287. The van der Waals surface area contributed by atoms with Gasteiger partial charge in [0.15, 0.2) is 0 Å². The Labute approximate surface area is 122 Å². The summed E-state index contributed by atoms with van der Waals surface area (Å²) < 4.78 is 0. The quantitative estimate of drug-likeness (QED) is 0.549. The average Bonchev–Trinajstić information content (AvgIpc) is 2.89. The Morgan fingerprint density at radius 3 is 2.26 bits per heavy atom. The van der Waals surface area contributed by atoms with Crippen LogP contribution < -0.4 is 0 Å². The normalized spacial score (nSPS) is 12.7. The third-order valence-electron chi connectivity index (χ3n) is 3.56. The number of aliphatic hydroxyl groups is 1. The first-order chi connectivity index (χ1) is 9.33. The molecule has 0 fully saturated rings. The Hall–Kier alpha value is -0.410. The number of aromatic nitrogens is 1. The van der Waals surface area contributed by atoms with Crippen LogP contribution >= 0.6 is 11.3 Å². The zero-order chi connectivity index (χ0) is 13.8. The van der Waals surface area contributed by atoms with E-state index < -0.39 is 0 Å². The van der Waals surface area contributed by atoms with Crippen LogP contribution in [0.15, 0.2) is 11.7 Å². The van der Waals surface area contributed by atoms with Crippen LogP contribution in [0.25, 0.3) is 0 Å². The molecule has 0 aliphatic rings. The van der Waals surface area contributed by atoms with Crippen molar-refractivity contribution in [3.8, 4) is 0 Å². The van der Waals surface area contributed by atoms with Crippen molar-refractivity contribution in [2.24, 2.45) is 0 Å². The summed E-state index contributed by atoms with van der Waals surface area (Å²) in [5, 5.41) is 9.90. The predicted octanol–water partition coefficient (Wildman–Crippen LogP) is 4.97. The highest BCUT2D eigenvalue weighted by Crippen LogP contribution is 2.14. The maximum Gasteiger partial charge on any atom is 0.0794 e. The number of thiazole rings is 1. The second-order valence-corrected chi connectivity index (χ2v) is 6.41. The summed E-state index contributed by atoms with van der Waals surface area (Å²) in [6.07, 6.45) is 15.5. The van der Waals surface area contributed by atoms with E-state index in [1.165, 1.54) is 56.2 Å². The Morgan fingerprint density at radius 1 is 1.05 bits per heavy atom. The van der Waals surface area contributed by atoms with Gasteiger partial charge in [0.1, 0.15) is 0 Å². The van der Waals surface area contributed by atoms with E-state index in [-0.39, 0.29) is 6.10 Å². The summed E-state index contributed by atoms with van der Waals surface area (Å²) in [5.41, 5.74) is 1.83. The molecule has 0 amide bonds. The molecule has 1 unspecified atom stereocenters. The van der Waals surface area contributed by atoms with Crippen LogP contribution in [0, 0.1) is 0 Å². The lowest BCUT2D eigenvalue weighted by Crippen LogP contribution is -2.09. The van der Waals surface area contributed by atoms with Crippen LogP contribution in [-0.4, -0.2) is 16.2 Å². The van der Waals surface area contributed by atoms with Crippen LogP contribution in [0.2, 0.25) is 0 Å². The highest BCUT2D eigenvalue weighted by Gasteiger charge is 2.06. The molecule has 1 aromatic rings. The molecular formula is C16H29NOS. The smallest absolute Gasteiger partial charge is 0.0794 e. The second-order valence-electron chi connectivity index (χ2n) is 5.44. The van der Waals surface area contributed by atoms with Gasteiger partial charge in [-0.15, -0.1) is 11.3 Å². The minimum Gasteiger partial charge on any atom is -0.393 e. The standard InChI is InChI=1S/C16H29NOS/c1-2-3-4-5-6-7-8-9-10-11-15(18)12-16-13-17-14-19-16/h13-15,18H,2-12H2,1H3. The molecule has 0 saturated heterocycles. The van der Waals surface area contributed by atoms with E-state index in [1.54, 1.807) is 11.3 Å². The molecule has 2 nitrogen and oxygen atoms in total. The summed E-state index contributed by atoms with van der Waals surface area (Å²) in [6, 6.07) is 0. The first kappa shape index (κ1) is 16.6. The summed E-state index contributed by atoms with van der Waals surface area (Å²) >= 11 is 1.64. The summed E-state index contributed by atoms with van der Waals surface area (Å²) in [6.45, 7) is 2.26. The van der Waals surface area contributed by atoms with Gasteiger partial charge < -0.3 is 5.11 Å². The van der Waals surface area contributed by atoms with Gasteiger partial charge in [0, 0.05) is 17.5 Å². The monoisotopic (exact) mass is 283 g/mol. The van der Waals surface area contributed by atoms with Crippen molar-refractivity contribution < 1.29 is 5.11 Å². The van der Waals surface area contributed by atoms with E-state index in [2.05, 4.69) is 11.9 Å².